The first-order valence-electron chi connectivity index (χ1n) is 9.77. The van der Waals surface area contributed by atoms with Gasteiger partial charge in [-0.05, 0) is 56.0 Å². The van der Waals surface area contributed by atoms with E-state index in [2.05, 4.69) is 10.6 Å². The van der Waals surface area contributed by atoms with Crippen molar-refractivity contribution in [1.82, 2.24) is 4.90 Å². The minimum absolute atomic E-state index is 0.104. The van der Waals surface area contributed by atoms with Crippen LogP contribution in [0, 0.1) is 0 Å². The van der Waals surface area contributed by atoms with Crippen LogP contribution in [0.2, 0.25) is 0 Å². The summed E-state index contributed by atoms with van der Waals surface area (Å²) in [7, 11) is 0. The van der Waals surface area contributed by atoms with Crippen LogP contribution < -0.4 is 10.6 Å². The average molecular weight is 428 g/mol. The monoisotopic (exact) mass is 427 g/mol. The molecule has 30 heavy (non-hydrogen) atoms. The third-order valence-electron chi connectivity index (χ3n) is 4.39. The SMILES string of the molecule is CC(=O)Nc1ccc(NC2=C(c3cccs3)C(=O)N(CCCOC(C)C)C2=O)cc1. The Balaban J connectivity index is 1.80. The van der Waals surface area contributed by atoms with E-state index in [1.165, 1.54) is 23.2 Å². The molecule has 0 bridgehead atoms. The van der Waals surface area contributed by atoms with Crippen molar-refractivity contribution in [3.8, 4) is 0 Å². The van der Waals surface area contributed by atoms with Gasteiger partial charge in [-0.15, -0.1) is 11.3 Å². The Labute approximate surface area is 179 Å². The number of carbonyl (C=O) groups excluding carboxylic acids is 3. The van der Waals surface area contributed by atoms with Crippen molar-refractivity contribution in [2.45, 2.75) is 33.3 Å². The molecule has 3 amide bonds. The van der Waals surface area contributed by atoms with Gasteiger partial charge in [0, 0.05) is 36.3 Å². The van der Waals surface area contributed by atoms with Crippen molar-refractivity contribution in [2.24, 2.45) is 0 Å². The number of ether oxygens (including phenoxy) is 1. The smallest absolute Gasteiger partial charge is 0.278 e. The number of hydrogen-bond donors (Lipinski definition) is 2. The van der Waals surface area contributed by atoms with Crippen LogP contribution in [-0.2, 0) is 19.1 Å². The Kier molecular flexibility index (Phi) is 7.02. The lowest BCUT2D eigenvalue weighted by Crippen LogP contribution is -2.34. The molecule has 158 valence electrons. The summed E-state index contributed by atoms with van der Waals surface area (Å²) in [6.07, 6.45) is 0.680. The lowest BCUT2D eigenvalue weighted by atomic mass is 10.2. The minimum atomic E-state index is -0.348. The summed E-state index contributed by atoms with van der Waals surface area (Å²) in [6, 6.07) is 10.7. The number of rotatable bonds is 9. The molecule has 0 aliphatic carbocycles. The number of hydrogen-bond acceptors (Lipinski definition) is 6. The Morgan fingerprint density at radius 3 is 2.40 bits per heavy atom. The lowest BCUT2D eigenvalue weighted by Gasteiger charge is -2.16. The Morgan fingerprint density at radius 1 is 1.10 bits per heavy atom. The van der Waals surface area contributed by atoms with Crippen molar-refractivity contribution in [2.75, 3.05) is 23.8 Å². The first kappa shape index (κ1) is 21.7. The second-order valence-electron chi connectivity index (χ2n) is 7.15. The molecule has 0 radical (unpaired) electrons. The van der Waals surface area contributed by atoms with Gasteiger partial charge < -0.3 is 15.4 Å². The van der Waals surface area contributed by atoms with Gasteiger partial charge in [-0.25, -0.2) is 0 Å². The Hall–Kier alpha value is -2.97. The number of imide groups is 1. The van der Waals surface area contributed by atoms with Crippen LogP contribution in [0.15, 0.2) is 47.5 Å². The van der Waals surface area contributed by atoms with Crippen LogP contribution in [0.4, 0.5) is 11.4 Å². The summed E-state index contributed by atoms with van der Waals surface area (Å²) in [5.41, 5.74) is 1.95. The zero-order valence-electron chi connectivity index (χ0n) is 17.2. The molecule has 1 aliphatic rings. The standard InChI is InChI=1S/C22H25N3O4S/c1-14(2)29-12-5-11-25-21(27)19(18-6-4-13-30-18)20(22(25)28)24-17-9-7-16(8-10-17)23-15(3)26/h4,6-10,13-14,24H,5,11-12H2,1-3H3,(H,23,26). The van der Waals surface area contributed by atoms with Gasteiger partial charge in [0.15, 0.2) is 0 Å². The van der Waals surface area contributed by atoms with Crippen LogP contribution in [0.3, 0.4) is 0 Å². The molecule has 0 atom stereocenters. The highest BCUT2D eigenvalue weighted by Crippen LogP contribution is 2.33. The fourth-order valence-corrected chi connectivity index (χ4v) is 3.84. The minimum Gasteiger partial charge on any atom is -0.379 e. The molecule has 1 aliphatic heterocycles. The number of thiophene rings is 1. The first-order valence-corrected chi connectivity index (χ1v) is 10.7. The number of carbonyl (C=O) groups is 3. The van der Waals surface area contributed by atoms with Crippen LogP contribution in [0.25, 0.3) is 5.57 Å². The summed E-state index contributed by atoms with van der Waals surface area (Å²) >= 11 is 1.41. The lowest BCUT2D eigenvalue weighted by molar-refractivity contribution is -0.137. The van der Waals surface area contributed by atoms with Gasteiger partial charge >= 0.3 is 0 Å². The van der Waals surface area contributed by atoms with Crippen molar-refractivity contribution in [1.29, 1.82) is 0 Å². The summed E-state index contributed by atoms with van der Waals surface area (Å²) in [4.78, 5) is 39.3. The third-order valence-corrected chi connectivity index (χ3v) is 5.27. The number of nitrogens with one attached hydrogen (secondary N) is 2. The Morgan fingerprint density at radius 2 is 1.80 bits per heavy atom. The van der Waals surface area contributed by atoms with Crippen molar-refractivity contribution in [3.05, 3.63) is 52.4 Å². The highest BCUT2D eigenvalue weighted by atomic mass is 32.1. The van der Waals surface area contributed by atoms with Crippen LogP contribution in [0.5, 0.6) is 0 Å². The topological polar surface area (TPSA) is 87.7 Å². The van der Waals surface area contributed by atoms with Crippen LogP contribution in [-0.4, -0.2) is 41.9 Å². The zero-order chi connectivity index (χ0) is 21.7. The van der Waals surface area contributed by atoms with E-state index in [4.69, 9.17) is 4.74 Å². The van der Waals surface area contributed by atoms with Crippen molar-refractivity contribution in [3.63, 3.8) is 0 Å². The maximum absolute atomic E-state index is 13.1. The van der Waals surface area contributed by atoms with E-state index in [-0.39, 0.29) is 29.5 Å². The van der Waals surface area contributed by atoms with Gasteiger partial charge in [-0.1, -0.05) is 6.07 Å². The average Bonchev–Trinajstić information content (AvgIpc) is 3.28. The van der Waals surface area contributed by atoms with Crippen LogP contribution in [0.1, 0.15) is 32.1 Å². The van der Waals surface area contributed by atoms with Crippen molar-refractivity contribution >= 4 is 46.0 Å². The van der Waals surface area contributed by atoms with E-state index in [9.17, 15) is 14.4 Å². The maximum atomic E-state index is 13.1. The predicted octanol–water partition coefficient (Wildman–Crippen LogP) is 3.71. The highest BCUT2D eigenvalue weighted by Gasteiger charge is 2.39. The molecule has 0 unspecified atom stereocenters. The third kappa shape index (κ3) is 5.14. The quantitative estimate of drug-likeness (QED) is 0.470. The molecule has 0 fully saturated rings. The second kappa shape index (κ2) is 9.69. The molecule has 2 aromatic rings. The molecular formula is C22H25N3O4S. The van der Waals surface area contributed by atoms with E-state index in [1.54, 1.807) is 24.3 Å². The molecule has 1 aromatic carbocycles. The molecule has 0 saturated heterocycles. The number of amides is 3. The molecule has 2 N–H and O–H groups in total. The molecule has 8 heteroatoms. The van der Waals surface area contributed by atoms with Gasteiger partial charge in [0.1, 0.15) is 5.70 Å². The number of anilines is 2. The fraction of sp³-hybridized carbons (Fsp3) is 0.318. The van der Waals surface area contributed by atoms with E-state index >= 15 is 0 Å². The number of benzene rings is 1. The summed E-state index contributed by atoms with van der Waals surface area (Å²) < 4.78 is 5.53. The largest absolute Gasteiger partial charge is 0.379 e. The second-order valence-corrected chi connectivity index (χ2v) is 8.09. The van der Waals surface area contributed by atoms with E-state index in [0.717, 1.165) is 4.88 Å². The Bertz CT molecular complexity index is 949. The van der Waals surface area contributed by atoms with Crippen LogP contribution >= 0.6 is 11.3 Å². The molecule has 2 heterocycles. The normalized spacial score (nSPS) is 14.1. The first-order chi connectivity index (χ1) is 14.4. The van der Waals surface area contributed by atoms with E-state index < -0.39 is 0 Å². The fourth-order valence-electron chi connectivity index (χ4n) is 3.07. The summed E-state index contributed by atoms with van der Waals surface area (Å²) in [6.45, 7) is 6.11. The van der Waals surface area contributed by atoms with E-state index in [1.807, 2.05) is 31.4 Å². The van der Waals surface area contributed by atoms with E-state index in [0.29, 0.717) is 36.5 Å². The zero-order valence-corrected chi connectivity index (χ0v) is 18.0. The predicted molar refractivity (Wildman–Crippen MR) is 118 cm³/mol. The maximum Gasteiger partial charge on any atom is 0.278 e. The molecule has 1 aromatic heterocycles. The van der Waals surface area contributed by atoms with Gasteiger partial charge in [-0.2, -0.15) is 0 Å². The van der Waals surface area contributed by atoms with Gasteiger partial charge in [0.25, 0.3) is 11.8 Å². The van der Waals surface area contributed by atoms with Crippen molar-refractivity contribution < 1.29 is 19.1 Å². The highest BCUT2D eigenvalue weighted by molar-refractivity contribution is 7.11. The molecule has 3 rings (SSSR count). The summed E-state index contributed by atoms with van der Waals surface area (Å²) in [5.74, 6) is -0.810. The molecule has 0 saturated carbocycles. The van der Waals surface area contributed by atoms with Gasteiger partial charge in [-0.3, -0.25) is 19.3 Å². The number of nitrogens with zero attached hydrogens (tertiary/aromatic N) is 1. The molecule has 0 spiro atoms. The van der Waals surface area contributed by atoms with Gasteiger partial charge in [0.05, 0.1) is 11.7 Å². The summed E-state index contributed by atoms with van der Waals surface area (Å²) in [5, 5.41) is 7.68. The molecular weight excluding hydrogens is 402 g/mol. The molecule has 7 nitrogen and oxygen atoms in total. The van der Waals surface area contributed by atoms with Gasteiger partial charge in [0.2, 0.25) is 5.91 Å².